The molecule has 0 saturated heterocycles. The van der Waals surface area contributed by atoms with Gasteiger partial charge in [0.1, 0.15) is 5.82 Å². The van der Waals surface area contributed by atoms with E-state index in [0.717, 1.165) is 13.1 Å². The first-order chi connectivity index (χ1) is 8.08. The number of hydrogen-bond acceptors (Lipinski definition) is 1. The number of rotatable bonds is 5. The fourth-order valence-electron chi connectivity index (χ4n) is 2.41. The van der Waals surface area contributed by atoms with Crippen molar-refractivity contribution in [2.24, 2.45) is 5.92 Å². The van der Waals surface area contributed by atoms with Crippen LogP contribution in [0.1, 0.15) is 32.3 Å². The molecule has 1 N–H and O–H groups in total. The van der Waals surface area contributed by atoms with Gasteiger partial charge in [-0.3, -0.25) is 0 Å². The van der Waals surface area contributed by atoms with Crippen LogP contribution in [0.4, 0.5) is 4.39 Å². The minimum absolute atomic E-state index is 0.182. The molecule has 1 aromatic rings. The molecule has 1 fully saturated rings. The molecule has 94 valence electrons. The summed E-state index contributed by atoms with van der Waals surface area (Å²) in [5.74, 6) is 0.505. The summed E-state index contributed by atoms with van der Waals surface area (Å²) in [4.78, 5) is 0. The number of hydrogen-bond donors (Lipinski definition) is 1. The largest absolute Gasteiger partial charge is 0.316 e. The summed E-state index contributed by atoms with van der Waals surface area (Å²) in [5, 5.41) is 3.46. The van der Waals surface area contributed by atoms with Gasteiger partial charge in [0.15, 0.2) is 0 Å². The number of benzene rings is 1. The maximum absolute atomic E-state index is 13.2. The van der Waals surface area contributed by atoms with E-state index in [1.165, 1.54) is 18.4 Å². The van der Waals surface area contributed by atoms with E-state index in [2.05, 4.69) is 35.1 Å². The molecule has 0 spiro atoms. The Morgan fingerprint density at radius 2 is 2.29 bits per heavy atom. The monoisotopic (exact) mass is 299 g/mol. The second-order valence-electron chi connectivity index (χ2n) is 5.15. The molecule has 1 aliphatic rings. The van der Waals surface area contributed by atoms with Crippen LogP contribution in [0.3, 0.4) is 0 Å². The predicted molar refractivity (Wildman–Crippen MR) is 72.7 cm³/mol. The van der Waals surface area contributed by atoms with Gasteiger partial charge >= 0.3 is 0 Å². The Labute approximate surface area is 111 Å². The zero-order chi connectivity index (χ0) is 12.5. The molecule has 1 saturated carbocycles. The summed E-state index contributed by atoms with van der Waals surface area (Å²) >= 11 is 3.26. The van der Waals surface area contributed by atoms with Crippen LogP contribution in [0.25, 0.3) is 0 Å². The maximum Gasteiger partial charge on any atom is 0.137 e. The van der Waals surface area contributed by atoms with Gasteiger partial charge in [-0.25, -0.2) is 4.39 Å². The number of nitrogens with one attached hydrogen (secondary N) is 1. The second-order valence-corrected chi connectivity index (χ2v) is 6.01. The highest BCUT2D eigenvalue weighted by Gasteiger charge is 2.50. The van der Waals surface area contributed by atoms with E-state index < -0.39 is 0 Å². The van der Waals surface area contributed by atoms with Gasteiger partial charge in [-0.2, -0.15) is 0 Å². The highest BCUT2D eigenvalue weighted by atomic mass is 79.9. The van der Waals surface area contributed by atoms with E-state index in [9.17, 15) is 4.39 Å². The van der Waals surface area contributed by atoms with Crippen LogP contribution in [0.2, 0.25) is 0 Å². The van der Waals surface area contributed by atoms with Gasteiger partial charge in [-0.05, 0) is 70.9 Å². The zero-order valence-electron chi connectivity index (χ0n) is 10.4. The average molecular weight is 300 g/mol. The molecule has 17 heavy (non-hydrogen) atoms. The first-order valence-electron chi connectivity index (χ1n) is 6.24. The van der Waals surface area contributed by atoms with Crippen LogP contribution >= 0.6 is 15.9 Å². The standard InChI is InChI=1S/C14H19BrFN/c1-3-6-17-9-11-8-14(11,2)10-4-5-13(16)12(15)7-10/h4-5,7,11,17H,3,6,8-9H2,1-2H3. The molecule has 0 amide bonds. The van der Waals surface area contributed by atoms with Crippen LogP contribution in [-0.2, 0) is 5.41 Å². The van der Waals surface area contributed by atoms with E-state index in [4.69, 9.17) is 0 Å². The third-order valence-electron chi connectivity index (χ3n) is 3.81. The summed E-state index contributed by atoms with van der Waals surface area (Å²) in [6.45, 7) is 6.60. The molecule has 1 aromatic carbocycles. The molecule has 2 rings (SSSR count). The van der Waals surface area contributed by atoms with Crippen molar-refractivity contribution in [3.8, 4) is 0 Å². The molecule has 2 atom stereocenters. The Morgan fingerprint density at radius 1 is 1.53 bits per heavy atom. The normalized spacial score (nSPS) is 27.2. The van der Waals surface area contributed by atoms with Crippen molar-refractivity contribution in [2.75, 3.05) is 13.1 Å². The molecule has 0 radical (unpaired) electrons. The number of halogens is 2. The average Bonchev–Trinajstić information content (AvgIpc) is 2.95. The summed E-state index contributed by atoms with van der Waals surface area (Å²) in [6, 6.07) is 5.40. The van der Waals surface area contributed by atoms with Crippen LogP contribution in [0.15, 0.2) is 22.7 Å². The topological polar surface area (TPSA) is 12.0 Å². The highest BCUT2D eigenvalue weighted by molar-refractivity contribution is 9.10. The lowest BCUT2D eigenvalue weighted by Crippen LogP contribution is -2.20. The summed E-state index contributed by atoms with van der Waals surface area (Å²) < 4.78 is 13.8. The lowest BCUT2D eigenvalue weighted by Gasteiger charge is -2.13. The van der Waals surface area contributed by atoms with Crippen molar-refractivity contribution in [2.45, 2.75) is 32.1 Å². The third-order valence-corrected chi connectivity index (χ3v) is 4.42. The Kier molecular flexibility index (Phi) is 3.88. The maximum atomic E-state index is 13.2. The third kappa shape index (κ3) is 2.71. The van der Waals surface area contributed by atoms with Gasteiger partial charge in [0.2, 0.25) is 0 Å². The van der Waals surface area contributed by atoms with Crippen molar-refractivity contribution >= 4 is 15.9 Å². The van der Waals surface area contributed by atoms with Gasteiger partial charge in [0.05, 0.1) is 4.47 Å². The molecular formula is C14H19BrFN. The first-order valence-corrected chi connectivity index (χ1v) is 7.03. The first kappa shape index (κ1) is 13.0. The summed E-state index contributed by atoms with van der Waals surface area (Å²) in [7, 11) is 0. The van der Waals surface area contributed by atoms with Crippen LogP contribution in [-0.4, -0.2) is 13.1 Å². The Balaban J connectivity index is 2.01. The molecule has 1 aliphatic carbocycles. The molecule has 1 nitrogen and oxygen atoms in total. The van der Waals surface area contributed by atoms with Crippen LogP contribution < -0.4 is 5.32 Å². The zero-order valence-corrected chi connectivity index (χ0v) is 12.0. The van der Waals surface area contributed by atoms with Gasteiger partial charge in [0, 0.05) is 0 Å². The van der Waals surface area contributed by atoms with Gasteiger partial charge in [-0.15, -0.1) is 0 Å². The van der Waals surface area contributed by atoms with Crippen molar-refractivity contribution in [1.82, 2.24) is 5.32 Å². The fraction of sp³-hybridized carbons (Fsp3) is 0.571. The van der Waals surface area contributed by atoms with Gasteiger partial charge < -0.3 is 5.32 Å². The molecule has 0 bridgehead atoms. The molecular weight excluding hydrogens is 281 g/mol. The summed E-state index contributed by atoms with van der Waals surface area (Å²) in [5.41, 5.74) is 1.48. The molecule has 3 heteroatoms. The smallest absolute Gasteiger partial charge is 0.137 e. The van der Waals surface area contributed by atoms with Crippen molar-refractivity contribution in [1.29, 1.82) is 0 Å². The molecule has 2 unspecified atom stereocenters. The Bertz CT molecular complexity index is 407. The van der Waals surface area contributed by atoms with Crippen LogP contribution in [0.5, 0.6) is 0 Å². The minimum atomic E-state index is -0.182. The quantitative estimate of drug-likeness (QED) is 0.814. The van der Waals surface area contributed by atoms with E-state index in [1.807, 2.05) is 12.1 Å². The van der Waals surface area contributed by atoms with Crippen molar-refractivity contribution < 1.29 is 4.39 Å². The Hall–Kier alpha value is -0.410. The van der Waals surface area contributed by atoms with E-state index in [1.54, 1.807) is 6.07 Å². The molecule has 0 aromatic heterocycles. The molecule has 0 heterocycles. The minimum Gasteiger partial charge on any atom is -0.316 e. The lowest BCUT2D eigenvalue weighted by molar-refractivity contribution is 0.572. The Morgan fingerprint density at radius 3 is 2.94 bits per heavy atom. The van der Waals surface area contributed by atoms with Crippen molar-refractivity contribution in [3.63, 3.8) is 0 Å². The van der Waals surface area contributed by atoms with Crippen LogP contribution in [0, 0.1) is 11.7 Å². The summed E-state index contributed by atoms with van der Waals surface area (Å²) in [6.07, 6.45) is 2.37. The lowest BCUT2D eigenvalue weighted by atomic mass is 9.95. The SMILES string of the molecule is CCCNCC1CC1(C)c1ccc(F)c(Br)c1. The van der Waals surface area contributed by atoms with Gasteiger partial charge in [-0.1, -0.05) is 19.9 Å². The fourth-order valence-corrected chi connectivity index (χ4v) is 2.79. The molecule has 0 aliphatic heterocycles. The van der Waals surface area contributed by atoms with Crippen molar-refractivity contribution in [3.05, 3.63) is 34.1 Å². The van der Waals surface area contributed by atoms with E-state index in [0.29, 0.717) is 10.4 Å². The van der Waals surface area contributed by atoms with E-state index in [-0.39, 0.29) is 11.2 Å². The van der Waals surface area contributed by atoms with E-state index >= 15 is 0 Å². The predicted octanol–water partition coefficient (Wildman–Crippen LogP) is 3.87. The van der Waals surface area contributed by atoms with Gasteiger partial charge in [0.25, 0.3) is 0 Å². The highest BCUT2D eigenvalue weighted by Crippen LogP contribution is 2.53. The second kappa shape index (κ2) is 5.07.